The van der Waals surface area contributed by atoms with Crippen LogP contribution in [0.1, 0.15) is 19.8 Å². The molecule has 0 atom stereocenters. The van der Waals surface area contributed by atoms with E-state index in [0.717, 1.165) is 0 Å². The fourth-order valence-electron chi connectivity index (χ4n) is 0.707. The summed E-state index contributed by atoms with van der Waals surface area (Å²) in [6, 6.07) is 0. The van der Waals surface area contributed by atoms with Gasteiger partial charge >= 0.3 is 53.2 Å². The van der Waals surface area contributed by atoms with E-state index in [1.54, 1.807) is 0 Å². The van der Waals surface area contributed by atoms with Crippen molar-refractivity contribution in [2.75, 3.05) is 26.2 Å². The molecular formula is C7H19P. The first kappa shape index (κ1) is 8.43. The molecule has 0 saturated heterocycles. The van der Waals surface area contributed by atoms with E-state index < -0.39 is 7.26 Å². The van der Waals surface area contributed by atoms with E-state index in [4.69, 9.17) is 0 Å². The molecule has 0 aromatic rings. The predicted molar refractivity (Wildman–Crippen MR) is 45.9 cm³/mol. The maximum atomic E-state index is 2.43. The number of hydrogen-bond donors (Lipinski definition) is 0. The van der Waals surface area contributed by atoms with Gasteiger partial charge in [0.15, 0.2) is 0 Å². The molecule has 52 valence electrons. The molecule has 0 spiro atoms. The second-order valence-electron chi connectivity index (χ2n) is 3.66. The van der Waals surface area contributed by atoms with Crippen LogP contribution in [-0.2, 0) is 0 Å². The molecule has 0 aliphatic rings. The average Bonchev–Trinajstić information content (AvgIpc) is 1.59. The molecule has 0 fully saturated rings. The molecule has 8 heavy (non-hydrogen) atoms. The van der Waals surface area contributed by atoms with E-state index in [9.17, 15) is 0 Å². The van der Waals surface area contributed by atoms with Crippen molar-refractivity contribution in [2.24, 2.45) is 0 Å². The van der Waals surface area contributed by atoms with Crippen molar-refractivity contribution in [3.8, 4) is 0 Å². The zero-order valence-corrected chi connectivity index (χ0v) is 7.62. The number of hydrogen-bond acceptors (Lipinski definition) is 0. The molecule has 0 rings (SSSR count). The van der Waals surface area contributed by atoms with E-state index >= 15 is 0 Å². The average molecular weight is 134 g/mol. The van der Waals surface area contributed by atoms with Gasteiger partial charge in [-0.05, 0) is 0 Å². The molecule has 0 amide bonds. The van der Waals surface area contributed by atoms with Crippen LogP contribution in [0.3, 0.4) is 0 Å². The summed E-state index contributed by atoms with van der Waals surface area (Å²) in [7, 11) is -0.678. The first-order valence-electron chi connectivity index (χ1n) is 3.56. The molecule has 0 aromatic carbocycles. The summed E-state index contributed by atoms with van der Waals surface area (Å²) in [4.78, 5) is 0. The summed E-state index contributed by atoms with van der Waals surface area (Å²) in [5.41, 5.74) is 0. The molecule has 0 saturated carbocycles. The summed E-state index contributed by atoms with van der Waals surface area (Å²) in [5, 5.41) is 0. The van der Waals surface area contributed by atoms with Crippen LogP contribution in [0.15, 0.2) is 0 Å². The Labute approximate surface area is 54.0 Å². The molecule has 0 heterocycles. The summed E-state index contributed by atoms with van der Waals surface area (Å²) < 4.78 is 0. The van der Waals surface area contributed by atoms with Crippen molar-refractivity contribution in [3.05, 3.63) is 0 Å². The molecule has 1 heteroatoms. The van der Waals surface area contributed by atoms with Crippen molar-refractivity contribution in [1.29, 1.82) is 0 Å². The third-order valence-corrected chi connectivity index (χ3v) is 3.13. The second-order valence-corrected chi connectivity index (χ2v) is 9.29. The Morgan fingerprint density at radius 1 is 1.12 bits per heavy atom. The van der Waals surface area contributed by atoms with Crippen LogP contribution in [0.2, 0.25) is 0 Å². The van der Waals surface area contributed by atoms with Crippen molar-refractivity contribution < 1.29 is 0 Å². The Kier molecular flexibility index (Phi) is 3.64. The minimum atomic E-state index is -0.678. The molecular weight excluding hydrogens is 115 g/mol. The standard InChI is InChI=1S/C7H19P/c1-5-6-7-8(2,3)4/h8H,5-7H2,1-4H3. The van der Waals surface area contributed by atoms with E-state index in [1.165, 1.54) is 19.0 Å². The molecule has 0 unspecified atom stereocenters. The Morgan fingerprint density at radius 2 is 1.62 bits per heavy atom. The Balaban J connectivity index is 3.11. The van der Waals surface area contributed by atoms with Gasteiger partial charge in [-0.1, -0.05) is 0 Å². The van der Waals surface area contributed by atoms with E-state index in [2.05, 4.69) is 26.9 Å². The third-order valence-electron chi connectivity index (χ3n) is 1.28. The van der Waals surface area contributed by atoms with E-state index in [-0.39, 0.29) is 0 Å². The van der Waals surface area contributed by atoms with E-state index in [0.29, 0.717) is 0 Å². The van der Waals surface area contributed by atoms with Crippen LogP contribution in [-0.4, -0.2) is 26.2 Å². The Morgan fingerprint density at radius 3 is 1.75 bits per heavy atom. The monoisotopic (exact) mass is 134 g/mol. The van der Waals surface area contributed by atoms with Crippen LogP contribution in [0.5, 0.6) is 0 Å². The summed E-state index contributed by atoms with van der Waals surface area (Å²) in [6.45, 7) is 9.56. The second kappa shape index (κ2) is 3.45. The molecule has 0 aliphatic carbocycles. The third kappa shape index (κ3) is 6.43. The van der Waals surface area contributed by atoms with Gasteiger partial charge in [0.25, 0.3) is 0 Å². The summed E-state index contributed by atoms with van der Waals surface area (Å²) in [5.74, 6) is 0. The molecule has 0 N–H and O–H groups in total. The van der Waals surface area contributed by atoms with Crippen LogP contribution < -0.4 is 0 Å². The van der Waals surface area contributed by atoms with Gasteiger partial charge in [0.05, 0.1) is 0 Å². The van der Waals surface area contributed by atoms with Crippen LogP contribution in [0.4, 0.5) is 0 Å². The predicted octanol–water partition coefficient (Wildman–Crippen LogP) is 2.43. The molecule has 0 nitrogen and oxygen atoms in total. The van der Waals surface area contributed by atoms with Crippen molar-refractivity contribution >= 4 is 7.26 Å². The quantitative estimate of drug-likeness (QED) is 0.520. The SMILES string of the molecule is CCCC[PH](C)(C)C. The van der Waals surface area contributed by atoms with Gasteiger partial charge in [0.1, 0.15) is 0 Å². The number of unbranched alkanes of at least 4 members (excludes halogenated alkanes) is 1. The fraction of sp³-hybridized carbons (Fsp3) is 1.00. The van der Waals surface area contributed by atoms with Gasteiger partial charge in [0.2, 0.25) is 0 Å². The van der Waals surface area contributed by atoms with Gasteiger partial charge in [-0.3, -0.25) is 0 Å². The van der Waals surface area contributed by atoms with Crippen LogP contribution >= 0.6 is 7.26 Å². The fourth-order valence-corrected chi connectivity index (χ4v) is 2.12. The van der Waals surface area contributed by atoms with E-state index in [1.807, 2.05) is 0 Å². The Hall–Kier alpha value is 0.430. The van der Waals surface area contributed by atoms with Crippen LogP contribution in [0.25, 0.3) is 0 Å². The van der Waals surface area contributed by atoms with Crippen molar-refractivity contribution in [1.82, 2.24) is 0 Å². The molecule has 0 radical (unpaired) electrons. The van der Waals surface area contributed by atoms with Gasteiger partial charge < -0.3 is 0 Å². The normalized spacial score (nSPS) is 14.0. The Bertz CT molecular complexity index is 51.9. The topological polar surface area (TPSA) is 0 Å². The van der Waals surface area contributed by atoms with Gasteiger partial charge in [-0.2, -0.15) is 0 Å². The first-order valence-corrected chi connectivity index (χ1v) is 7.27. The van der Waals surface area contributed by atoms with Crippen molar-refractivity contribution in [3.63, 3.8) is 0 Å². The van der Waals surface area contributed by atoms with Gasteiger partial charge in [-0.25, -0.2) is 0 Å². The summed E-state index contributed by atoms with van der Waals surface area (Å²) >= 11 is 0. The number of rotatable bonds is 3. The van der Waals surface area contributed by atoms with Gasteiger partial charge in [0, 0.05) is 0 Å². The molecule has 0 bridgehead atoms. The molecule has 0 aromatic heterocycles. The maximum absolute atomic E-state index is 2.43. The van der Waals surface area contributed by atoms with Gasteiger partial charge in [-0.15, -0.1) is 0 Å². The zero-order valence-electron chi connectivity index (χ0n) is 6.62. The summed E-state index contributed by atoms with van der Waals surface area (Å²) in [6.07, 6.45) is 4.31. The molecule has 0 aliphatic heterocycles. The minimum absolute atomic E-state index is 0.678. The zero-order chi connectivity index (χ0) is 6.62. The van der Waals surface area contributed by atoms with Crippen LogP contribution in [0, 0.1) is 0 Å². The first-order chi connectivity index (χ1) is 3.56. The van der Waals surface area contributed by atoms with Crippen molar-refractivity contribution in [2.45, 2.75) is 19.8 Å².